The van der Waals surface area contributed by atoms with Gasteiger partial charge < -0.3 is 15.0 Å². The molecule has 1 saturated heterocycles. The van der Waals surface area contributed by atoms with Gasteiger partial charge in [-0.15, -0.1) is 0 Å². The molecule has 0 radical (unpaired) electrons. The summed E-state index contributed by atoms with van der Waals surface area (Å²) in [6.07, 6.45) is 2.31. The largest absolute Gasteiger partial charge is 0.375 e. The lowest BCUT2D eigenvalue weighted by atomic mass is 10.2. The van der Waals surface area contributed by atoms with E-state index in [2.05, 4.69) is 22.3 Å². The van der Waals surface area contributed by atoms with Gasteiger partial charge in [-0.25, -0.2) is 0 Å². The van der Waals surface area contributed by atoms with Gasteiger partial charge in [-0.3, -0.25) is 4.79 Å². The number of hydrogen-bond donors (Lipinski definition) is 1. The lowest BCUT2D eigenvalue weighted by molar-refractivity contribution is -0.124. The van der Waals surface area contributed by atoms with Gasteiger partial charge in [0.15, 0.2) is 0 Å². The average Bonchev–Trinajstić information content (AvgIpc) is 2.86. The van der Waals surface area contributed by atoms with Crippen LogP contribution >= 0.6 is 0 Å². The highest BCUT2D eigenvalue weighted by Crippen LogP contribution is 2.24. The van der Waals surface area contributed by atoms with Crippen LogP contribution in [0.1, 0.15) is 12.8 Å². The van der Waals surface area contributed by atoms with Crippen molar-refractivity contribution in [3.8, 4) is 0 Å². The first-order chi connectivity index (χ1) is 8.81. The number of hydrogen-bond acceptors (Lipinski definition) is 3. The molecule has 1 atom stereocenters. The number of amides is 1. The Hall–Kier alpha value is -1.55. The van der Waals surface area contributed by atoms with Crippen LogP contribution in [0.3, 0.4) is 0 Å². The molecule has 1 aromatic carbocycles. The van der Waals surface area contributed by atoms with Gasteiger partial charge in [0.2, 0.25) is 5.91 Å². The number of methoxy groups -OCH3 is 1. The average molecular weight is 248 g/mol. The summed E-state index contributed by atoms with van der Waals surface area (Å²) in [6, 6.07) is 10.8. The number of carbonyl (C=O) groups excluding carboxylic acids is 1. The van der Waals surface area contributed by atoms with Gasteiger partial charge in [0.1, 0.15) is 6.61 Å². The van der Waals surface area contributed by atoms with Crippen molar-refractivity contribution in [3.63, 3.8) is 0 Å². The highest BCUT2D eigenvalue weighted by molar-refractivity contribution is 5.77. The van der Waals surface area contributed by atoms with E-state index in [1.165, 1.54) is 19.2 Å². The maximum atomic E-state index is 11.4. The van der Waals surface area contributed by atoms with E-state index in [1.807, 2.05) is 18.2 Å². The normalized spacial score (nSPS) is 18.9. The van der Waals surface area contributed by atoms with Crippen molar-refractivity contribution in [2.24, 2.45) is 0 Å². The third-order valence-corrected chi connectivity index (χ3v) is 3.28. The molecule has 98 valence electrons. The monoisotopic (exact) mass is 248 g/mol. The minimum atomic E-state index is -0.0441. The summed E-state index contributed by atoms with van der Waals surface area (Å²) in [4.78, 5) is 13.8. The van der Waals surface area contributed by atoms with Crippen molar-refractivity contribution >= 4 is 11.6 Å². The lowest BCUT2D eigenvalue weighted by Crippen LogP contribution is -2.41. The van der Waals surface area contributed by atoms with Crippen LogP contribution in [0.4, 0.5) is 5.69 Å². The van der Waals surface area contributed by atoms with Gasteiger partial charge in [0, 0.05) is 31.9 Å². The van der Waals surface area contributed by atoms with Crippen LogP contribution in [0.15, 0.2) is 30.3 Å². The quantitative estimate of drug-likeness (QED) is 0.857. The fourth-order valence-corrected chi connectivity index (χ4v) is 2.42. The van der Waals surface area contributed by atoms with Crippen molar-refractivity contribution in [1.29, 1.82) is 0 Å². The Bertz CT molecular complexity index is 381. The SMILES string of the molecule is COCC(=O)NCC1CCCN1c1ccccc1. The van der Waals surface area contributed by atoms with Crippen LogP contribution in [0, 0.1) is 0 Å². The van der Waals surface area contributed by atoms with Gasteiger partial charge in [-0.1, -0.05) is 18.2 Å². The maximum absolute atomic E-state index is 11.4. The fourth-order valence-electron chi connectivity index (χ4n) is 2.42. The van der Waals surface area contributed by atoms with E-state index in [0.29, 0.717) is 12.6 Å². The molecule has 4 heteroatoms. The fraction of sp³-hybridized carbons (Fsp3) is 0.500. The summed E-state index contributed by atoms with van der Waals surface area (Å²) in [5, 5.41) is 2.92. The molecule has 0 saturated carbocycles. The zero-order valence-electron chi connectivity index (χ0n) is 10.8. The predicted octanol–water partition coefficient (Wildman–Crippen LogP) is 1.42. The van der Waals surface area contributed by atoms with Crippen LogP contribution in [0.2, 0.25) is 0 Å². The Morgan fingerprint density at radius 1 is 1.44 bits per heavy atom. The highest BCUT2D eigenvalue weighted by Gasteiger charge is 2.24. The second-order valence-electron chi connectivity index (χ2n) is 4.56. The molecule has 1 aliphatic rings. The van der Waals surface area contributed by atoms with Crippen LogP contribution in [0.25, 0.3) is 0 Å². The van der Waals surface area contributed by atoms with Crippen LogP contribution < -0.4 is 10.2 Å². The predicted molar refractivity (Wildman–Crippen MR) is 71.7 cm³/mol. The third-order valence-electron chi connectivity index (χ3n) is 3.28. The Kier molecular flexibility index (Phi) is 4.59. The second kappa shape index (κ2) is 6.40. The van der Waals surface area contributed by atoms with E-state index in [4.69, 9.17) is 4.74 Å². The summed E-state index contributed by atoms with van der Waals surface area (Å²) >= 11 is 0. The zero-order valence-corrected chi connectivity index (χ0v) is 10.8. The first kappa shape index (κ1) is 12.9. The second-order valence-corrected chi connectivity index (χ2v) is 4.56. The molecule has 1 heterocycles. The molecule has 2 rings (SSSR count). The molecule has 1 amide bonds. The molecule has 18 heavy (non-hydrogen) atoms. The van der Waals surface area contributed by atoms with E-state index in [-0.39, 0.29) is 12.5 Å². The molecule has 4 nitrogen and oxygen atoms in total. The number of benzene rings is 1. The molecule has 0 aliphatic carbocycles. The number of para-hydroxylation sites is 1. The molecule has 1 N–H and O–H groups in total. The van der Waals surface area contributed by atoms with Gasteiger partial charge in [-0.05, 0) is 25.0 Å². The molecule has 0 aromatic heterocycles. The van der Waals surface area contributed by atoms with Crippen molar-refractivity contribution in [3.05, 3.63) is 30.3 Å². The summed E-state index contributed by atoms with van der Waals surface area (Å²) in [6.45, 7) is 1.89. The molecular formula is C14H20N2O2. The van der Waals surface area contributed by atoms with Crippen LogP contribution in [0.5, 0.6) is 0 Å². The Morgan fingerprint density at radius 2 is 2.22 bits per heavy atom. The van der Waals surface area contributed by atoms with E-state index >= 15 is 0 Å². The van der Waals surface area contributed by atoms with Crippen molar-refractivity contribution in [1.82, 2.24) is 5.32 Å². The highest BCUT2D eigenvalue weighted by atomic mass is 16.5. The Morgan fingerprint density at radius 3 is 2.94 bits per heavy atom. The van der Waals surface area contributed by atoms with Crippen molar-refractivity contribution in [2.45, 2.75) is 18.9 Å². The number of rotatable bonds is 5. The van der Waals surface area contributed by atoms with Gasteiger partial charge in [0.25, 0.3) is 0 Å². The smallest absolute Gasteiger partial charge is 0.246 e. The summed E-state index contributed by atoms with van der Waals surface area (Å²) in [7, 11) is 1.53. The molecule has 1 fully saturated rings. The minimum absolute atomic E-state index is 0.0441. The van der Waals surface area contributed by atoms with Gasteiger partial charge >= 0.3 is 0 Å². The lowest BCUT2D eigenvalue weighted by Gasteiger charge is -2.27. The van der Waals surface area contributed by atoms with Gasteiger partial charge in [-0.2, -0.15) is 0 Å². The number of carbonyl (C=O) groups is 1. The number of ether oxygens (including phenoxy) is 1. The minimum Gasteiger partial charge on any atom is -0.375 e. The zero-order chi connectivity index (χ0) is 12.8. The summed E-state index contributed by atoms with van der Waals surface area (Å²) < 4.78 is 4.80. The standard InChI is InChI=1S/C14H20N2O2/c1-18-11-14(17)15-10-13-8-5-9-16(13)12-6-3-2-4-7-12/h2-4,6-7,13H,5,8-11H2,1H3,(H,15,17). The first-order valence-electron chi connectivity index (χ1n) is 6.38. The first-order valence-corrected chi connectivity index (χ1v) is 6.38. The topological polar surface area (TPSA) is 41.6 Å². The van der Waals surface area contributed by atoms with E-state index in [0.717, 1.165) is 13.0 Å². The number of anilines is 1. The van der Waals surface area contributed by atoms with Crippen LogP contribution in [-0.2, 0) is 9.53 Å². The van der Waals surface area contributed by atoms with Crippen molar-refractivity contribution < 1.29 is 9.53 Å². The van der Waals surface area contributed by atoms with Crippen molar-refractivity contribution in [2.75, 3.05) is 31.7 Å². The molecule has 0 spiro atoms. The maximum Gasteiger partial charge on any atom is 0.246 e. The molecule has 1 unspecified atom stereocenters. The van der Waals surface area contributed by atoms with Gasteiger partial charge in [0.05, 0.1) is 0 Å². The third kappa shape index (κ3) is 3.23. The summed E-state index contributed by atoms with van der Waals surface area (Å²) in [5.41, 5.74) is 1.24. The molecule has 1 aromatic rings. The number of nitrogens with zero attached hydrogens (tertiary/aromatic N) is 1. The van der Waals surface area contributed by atoms with E-state index in [1.54, 1.807) is 0 Å². The summed E-state index contributed by atoms with van der Waals surface area (Å²) in [5.74, 6) is -0.0441. The molecular weight excluding hydrogens is 228 g/mol. The van der Waals surface area contributed by atoms with Crippen LogP contribution in [-0.4, -0.2) is 38.8 Å². The Balaban J connectivity index is 1.90. The van der Waals surface area contributed by atoms with E-state index in [9.17, 15) is 4.79 Å². The Labute approximate surface area is 108 Å². The molecule has 1 aliphatic heterocycles. The number of nitrogens with one attached hydrogen (secondary N) is 1. The molecule has 0 bridgehead atoms. The van der Waals surface area contributed by atoms with E-state index < -0.39 is 0 Å².